The van der Waals surface area contributed by atoms with Gasteiger partial charge in [0.2, 0.25) is 0 Å². The summed E-state index contributed by atoms with van der Waals surface area (Å²) in [4.78, 5) is 0. The van der Waals surface area contributed by atoms with E-state index in [0.29, 0.717) is 0 Å². The molecule has 1 saturated heterocycles. The summed E-state index contributed by atoms with van der Waals surface area (Å²) >= 11 is 0. The van der Waals surface area contributed by atoms with E-state index in [9.17, 15) is 15.3 Å². The highest BCUT2D eigenvalue weighted by Gasteiger charge is 2.41. The first kappa shape index (κ1) is 12.9. The molecular formula is C10H21NO4. The van der Waals surface area contributed by atoms with Crippen molar-refractivity contribution < 1.29 is 20.4 Å². The topological polar surface area (TPSA) is 93.0 Å². The van der Waals surface area contributed by atoms with Gasteiger partial charge in [-0.2, -0.15) is 0 Å². The SMILES string of the molecule is CCCC[C@H]1N[C@@H](CO)[C@@H](O)[C@H](O)[C@@H]1O. The van der Waals surface area contributed by atoms with Crippen LogP contribution >= 0.6 is 0 Å². The highest BCUT2D eigenvalue weighted by Crippen LogP contribution is 2.18. The maximum absolute atomic E-state index is 9.69. The first-order chi connectivity index (χ1) is 7.11. The van der Waals surface area contributed by atoms with Crippen LogP contribution in [0.25, 0.3) is 0 Å². The van der Waals surface area contributed by atoms with Crippen LogP contribution < -0.4 is 5.32 Å². The largest absolute Gasteiger partial charge is 0.395 e. The fourth-order valence-electron chi connectivity index (χ4n) is 1.99. The van der Waals surface area contributed by atoms with Gasteiger partial charge in [-0.1, -0.05) is 19.8 Å². The van der Waals surface area contributed by atoms with Gasteiger partial charge < -0.3 is 25.7 Å². The highest BCUT2D eigenvalue weighted by molar-refractivity contribution is 4.97. The molecule has 5 atom stereocenters. The Morgan fingerprint density at radius 3 is 2.13 bits per heavy atom. The lowest BCUT2D eigenvalue weighted by Gasteiger charge is -2.41. The molecule has 15 heavy (non-hydrogen) atoms. The normalized spacial score (nSPS) is 41.8. The van der Waals surface area contributed by atoms with Crippen molar-refractivity contribution in [2.24, 2.45) is 0 Å². The summed E-state index contributed by atoms with van der Waals surface area (Å²) < 4.78 is 0. The Labute approximate surface area is 89.7 Å². The van der Waals surface area contributed by atoms with Crippen molar-refractivity contribution in [1.29, 1.82) is 0 Å². The third-order valence-corrected chi connectivity index (χ3v) is 3.02. The van der Waals surface area contributed by atoms with E-state index in [1.807, 2.05) is 6.92 Å². The molecule has 1 fully saturated rings. The molecule has 1 heterocycles. The van der Waals surface area contributed by atoms with Crippen molar-refractivity contribution in [3.63, 3.8) is 0 Å². The predicted octanol–water partition coefficient (Wildman–Crippen LogP) is -1.41. The van der Waals surface area contributed by atoms with Crippen molar-refractivity contribution in [1.82, 2.24) is 5.32 Å². The quantitative estimate of drug-likeness (QED) is 0.401. The molecule has 1 aliphatic rings. The molecule has 0 aromatic heterocycles. The Balaban J connectivity index is 2.57. The summed E-state index contributed by atoms with van der Waals surface area (Å²) in [6.07, 6.45) is -0.566. The summed E-state index contributed by atoms with van der Waals surface area (Å²) in [6, 6.07) is -0.800. The number of rotatable bonds is 4. The van der Waals surface area contributed by atoms with Crippen molar-refractivity contribution in [3.8, 4) is 0 Å². The molecule has 0 radical (unpaired) electrons. The van der Waals surface area contributed by atoms with Crippen molar-refractivity contribution in [2.75, 3.05) is 6.61 Å². The van der Waals surface area contributed by atoms with Gasteiger partial charge >= 0.3 is 0 Å². The van der Waals surface area contributed by atoms with Crippen LogP contribution in [0.4, 0.5) is 0 Å². The molecule has 0 aromatic carbocycles. The second-order valence-corrected chi connectivity index (χ2v) is 4.18. The summed E-state index contributed by atoms with van der Waals surface area (Å²) in [5.41, 5.74) is 0. The van der Waals surface area contributed by atoms with Crippen LogP contribution in [0.5, 0.6) is 0 Å². The monoisotopic (exact) mass is 219 g/mol. The van der Waals surface area contributed by atoms with E-state index in [4.69, 9.17) is 5.11 Å². The number of hydrogen-bond donors (Lipinski definition) is 5. The molecule has 90 valence electrons. The Kier molecular flexibility index (Phi) is 4.95. The first-order valence-electron chi connectivity index (χ1n) is 5.53. The Morgan fingerprint density at radius 2 is 1.60 bits per heavy atom. The maximum Gasteiger partial charge on any atom is 0.109 e. The van der Waals surface area contributed by atoms with Gasteiger partial charge in [-0.25, -0.2) is 0 Å². The molecule has 0 spiro atoms. The van der Waals surface area contributed by atoms with Crippen LogP contribution in [-0.2, 0) is 0 Å². The van der Waals surface area contributed by atoms with Gasteiger partial charge in [0.1, 0.15) is 6.10 Å². The number of unbranched alkanes of at least 4 members (excludes halogenated alkanes) is 1. The fourth-order valence-corrected chi connectivity index (χ4v) is 1.99. The van der Waals surface area contributed by atoms with Gasteiger partial charge in [0.15, 0.2) is 0 Å². The van der Waals surface area contributed by atoms with Crippen LogP contribution in [-0.4, -0.2) is 57.4 Å². The third-order valence-electron chi connectivity index (χ3n) is 3.02. The molecule has 5 nitrogen and oxygen atoms in total. The van der Waals surface area contributed by atoms with E-state index in [-0.39, 0.29) is 12.6 Å². The average molecular weight is 219 g/mol. The summed E-state index contributed by atoms with van der Waals surface area (Å²) in [6.45, 7) is 1.80. The molecule has 0 bridgehead atoms. The standard InChI is InChI=1S/C10H21NO4/c1-2-3-4-6-8(13)10(15)9(14)7(5-12)11-6/h6-15H,2-5H2,1H3/t6-,7+,8-,9-,10-/m1/s1. The van der Waals surface area contributed by atoms with E-state index >= 15 is 0 Å². The van der Waals surface area contributed by atoms with Gasteiger partial charge in [0.05, 0.1) is 24.9 Å². The lowest BCUT2D eigenvalue weighted by molar-refractivity contribution is -0.120. The summed E-state index contributed by atoms with van der Waals surface area (Å²) in [7, 11) is 0. The molecule has 5 N–H and O–H groups in total. The van der Waals surface area contributed by atoms with Gasteiger partial charge in [0, 0.05) is 6.04 Å². The Morgan fingerprint density at radius 1 is 1.00 bits per heavy atom. The Hall–Kier alpha value is -0.200. The molecule has 0 aromatic rings. The number of piperidine rings is 1. The van der Waals surface area contributed by atoms with E-state index < -0.39 is 24.4 Å². The zero-order chi connectivity index (χ0) is 11.4. The minimum absolute atomic E-state index is 0.242. The molecule has 0 saturated carbocycles. The van der Waals surface area contributed by atoms with Crippen LogP contribution in [0.1, 0.15) is 26.2 Å². The van der Waals surface area contributed by atoms with E-state index in [0.717, 1.165) is 19.3 Å². The molecule has 1 aliphatic heterocycles. The van der Waals surface area contributed by atoms with E-state index in [2.05, 4.69) is 5.32 Å². The molecule has 0 amide bonds. The van der Waals surface area contributed by atoms with Crippen molar-refractivity contribution in [2.45, 2.75) is 56.6 Å². The van der Waals surface area contributed by atoms with Crippen LogP contribution in [0.3, 0.4) is 0 Å². The third kappa shape index (κ3) is 2.89. The molecule has 0 aliphatic carbocycles. The van der Waals surface area contributed by atoms with Gasteiger partial charge in [-0.3, -0.25) is 0 Å². The lowest BCUT2D eigenvalue weighted by atomic mass is 9.88. The van der Waals surface area contributed by atoms with Crippen LogP contribution in [0, 0.1) is 0 Å². The lowest BCUT2D eigenvalue weighted by Crippen LogP contribution is -2.65. The van der Waals surface area contributed by atoms with Crippen molar-refractivity contribution >= 4 is 0 Å². The number of nitrogens with one attached hydrogen (secondary N) is 1. The molecule has 5 heteroatoms. The second kappa shape index (κ2) is 5.77. The molecule has 1 rings (SSSR count). The predicted molar refractivity (Wildman–Crippen MR) is 55.3 cm³/mol. The first-order valence-corrected chi connectivity index (χ1v) is 5.53. The minimum atomic E-state index is -1.18. The smallest absolute Gasteiger partial charge is 0.109 e. The highest BCUT2D eigenvalue weighted by atomic mass is 16.4. The summed E-state index contributed by atoms with van der Waals surface area (Å²) in [5.74, 6) is 0. The van der Waals surface area contributed by atoms with E-state index in [1.54, 1.807) is 0 Å². The van der Waals surface area contributed by atoms with Gasteiger partial charge in [-0.05, 0) is 6.42 Å². The Bertz CT molecular complexity index is 188. The zero-order valence-electron chi connectivity index (χ0n) is 9.00. The molecular weight excluding hydrogens is 198 g/mol. The van der Waals surface area contributed by atoms with Gasteiger partial charge in [-0.15, -0.1) is 0 Å². The minimum Gasteiger partial charge on any atom is -0.395 e. The van der Waals surface area contributed by atoms with Crippen LogP contribution in [0.2, 0.25) is 0 Å². The fraction of sp³-hybridized carbons (Fsp3) is 1.00. The number of hydrogen-bond acceptors (Lipinski definition) is 5. The van der Waals surface area contributed by atoms with Gasteiger partial charge in [0.25, 0.3) is 0 Å². The average Bonchev–Trinajstić information content (AvgIpc) is 2.25. The van der Waals surface area contributed by atoms with Crippen molar-refractivity contribution in [3.05, 3.63) is 0 Å². The molecule has 0 unspecified atom stereocenters. The second-order valence-electron chi connectivity index (χ2n) is 4.18. The zero-order valence-corrected chi connectivity index (χ0v) is 9.00. The van der Waals surface area contributed by atoms with Crippen LogP contribution in [0.15, 0.2) is 0 Å². The summed E-state index contributed by atoms with van der Waals surface area (Å²) in [5, 5.41) is 40.7. The number of aliphatic hydroxyl groups excluding tert-OH is 4. The maximum atomic E-state index is 9.69. The number of aliphatic hydroxyl groups is 4. The van der Waals surface area contributed by atoms with E-state index in [1.165, 1.54) is 0 Å².